The number of nitrogens with one attached hydrogen (secondary N) is 1. The van der Waals surface area contributed by atoms with Crippen LogP contribution in [0.5, 0.6) is 11.5 Å². The van der Waals surface area contributed by atoms with E-state index in [1.54, 1.807) is 19.2 Å². The molecule has 0 saturated heterocycles. The number of nitrogens with two attached hydrogens (primary N) is 1. The number of nitrogen functional groups attached to an aromatic ring is 1. The summed E-state index contributed by atoms with van der Waals surface area (Å²) in [6.07, 6.45) is 1.06. The Hall–Kier alpha value is -1.95. The molecule has 1 amide bonds. The minimum atomic E-state index is -0.0994. The Kier molecular flexibility index (Phi) is 3.88. The van der Waals surface area contributed by atoms with Crippen molar-refractivity contribution < 1.29 is 19.0 Å². The molecule has 0 bridgehead atoms. The second-order valence-corrected chi connectivity index (χ2v) is 3.94. The van der Waals surface area contributed by atoms with Gasteiger partial charge in [0.05, 0.1) is 11.4 Å². The summed E-state index contributed by atoms with van der Waals surface area (Å²) in [5.74, 6) is 1.10. The molecule has 0 spiro atoms. The molecule has 1 aliphatic heterocycles. The summed E-state index contributed by atoms with van der Waals surface area (Å²) in [5.41, 5.74) is 6.82. The van der Waals surface area contributed by atoms with Gasteiger partial charge in [0, 0.05) is 32.3 Å². The van der Waals surface area contributed by atoms with Crippen LogP contribution in [0, 0.1) is 0 Å². The number of benzene rings is 1. The van der Waals surface area contributed by atoms with Crippen LogP contribution in [0.4, 0.5) is 11.4 Å². The lowest BCUT2D eigenvalue weighted by molar-refractivity contribution is -0.116. The average Bonchev–Trinajstić information content (AvgIpc) is 2.77. The second-order valence-electron chi connectivity index (χ2n) is 3.94. The molecule has 2 rings (SSSR count). The Morgan fingerprint density at radius 3 is 2.89 bits per heavy atom. The minimum Gasteiger partial charge on any atom is -0.454 e. The second kappa shape index (κ2) is 5.59. The molecule has 0 aromatic heterocycles. The van der Waals surface area contributed by atoms with Crippen molar-refractivity contribution in [1.82, 2.24) is 0 Å². The van der Waals surface area contributed by atoms with Crippen molar-refractivity contribution in [2.45, 2.75) is 12.8 Å². The highest BCUT2D eigenvalue weighted by atomic mass is 16.7. The van der Waals surface area contributed by atoms with E-state index in [1.807, 2.05) is 0 Å². The van der Waals surface area contributed by atoms with E-state index in [2.05, 4.69) is 5.32 Å². The largest absolute Gasteiger partial charge is 0.454 e. The number of hydrogen-bond acceptors (Lipinski definition) is 5. The van der Waals surface area contributed by atoms with E-state index in [0.29, 0.717) is 42.3 Å². The summed E-state index contributed by atoms with van der Waals surface area (Å²) in [7, 11) is 1.60. The van der Waals surface area contributed by atoms with Gasteiger partial charge in [0.25, 0.3) is 0 Å². The van der Waals surface area contributed by atoms with Gasteiger partial charge in [0.1, 0.15) is 0 Å². The van der Waals surface area contributed by atoms with Gasteiger partial charge in [0.15, 0.2) is 11.5 Å². The number of anilines is 2. The van der Waals surface area contributed by atoms with Gasteiger partial charge in [-0.2, -0.15) is 0 Å². The smallest absolute Gasteiger partial charge is 0.231 e. The molecule has 0 unspecified atom stereocenters. The summed E-state index contributed by atoms with van der Waals surface area (Å²) in [4.78, 5) is 11.6. The van der Waals surface area contributed by atoms with E-state index >= 15 is 0 Å². The zero-order valence-corrected chi connectivity index (χ0v) is 10.2. The molecule has 0 radical (unpaired) electrons. The number of carbonyl (C=O) groups is 1. The van der Waals surface area contributed by atoms with E-state index in [0.717, 1.165) is 0 Å². The normalized spacial score (nSPS) is 12.5. The van der Waals surface area contributed by atoms with Gasteiger partial charge in [-0.1, -0.05) is 0 Å². The quantitative estimate of drug-likeness (QED) is 0.610. The van der Waals surface area contributed by atoms with Crippen molar-refractivity contribution in [3.05, 3.63) is 12.1 Å². The van der Waals surface area contributed by atoms with Crippen molar-refractivity contribution in [3.8, 4) is 11.5 Å². The fourth-order valence-electron chi connectivity index (χ4n) is 1.66. The van der Waals surface area contributed by atoms with Crippen molar-refractivity contribution in [1.29, 1.82) is 0 Å². The van der Waals surface area contributed by atoms with Crippen molar-refractivity contribution >= 4 is 17.3 Å². The van der Waals surface area contributed by atoms with Gasteiger partial charge in [0.2, 0.25) is 12.7 Å². The number of ether oxygens (including phenoxy) is 3. The predicted octanol–water partition coefficient (Wildman–Crippen LogP) is 1.36. The topological polar surface area (TPSA) is 82.8 Å². The highest BCUT2D eigenvalue weighted by Gasteiger charge is 2.17. The van der Waals surface area contributed by atoms with Gasteiger partial charge in [-0.05, 0) is 6.42 Å². The van der Waals surface area contributed by atoms with Gasteiger partial charge in [-0.15, -0.1) is 0 Å². The van der Waals surface area contributed by atoms with Gasteiger partial charge in [-0.25, -0.2) is 0 Å². The summed E-state index contributed by atoms with van der Waals surface area (Å²) < 4.78 is 15.3. The van der Waals surface area contributed by atoms with Crippen LogP contribution in [0.25, 0.3) is 0 Å². The van der Waals surface area contributed by atoms with Crippen LogP contribution in [-0.2, 0) is 9.53 Å². The van der Waals surface area contributed by atoms with Gasteiger partial charge in [-0.3, -0.25) is 4.79 Å². The maximum Gasteiger partial charge on any atom is 0.231 e. The first-order valence-electron chi connectivity index (χ1n) is 5.68. The van der Waals surface area contributed by atoms with Crippen LogP contribution < -0.4 is 20.5 Å². The van der Waals surface area contributed by atoms with Crippen LogP contribution in [0.15, 0.2) is 12.1 Å². The number of fused-ring (bicyclic) bond motifs is 1. The number of rotatable bonds is 5. The highest BCUT2D eigenvalue weighted by Crippen LogP contribution is 2.38. The molecule has 0 fully saturated rings. The molecule has 6 nitrogen and oxygen atoms in total. The Morgan fingerprint density at radius 1 is 1.44 bits per heavy atom. The molecule has 98 valence electrons. The van der Waals surface area contributed by atoms with E-state index < -0.39 is 0 Å². The summed E-state index contributed by atoms with van der Waals surface area (Å²) >= 11 is 0. The van der Waals surface area contributed by atoms with Gasteiger partial charge >= 0.3 is 0 Å². The van der Waals surface area contributed by atoms with Crippen molar-refractivity contribution in [2.24, 2.45) is 0 Å². The molecule has 1 aromatic carbocycles. The van der Waals surface area contributed by atoms with Gasteiger partial charge < -0.3 is 25.3 Å². The highest BCUT2D eigenvalue weighted by molar-refractivity contribution is 5.94. The monoisotopic (exact) mass is 252 g/mol. The molecule has 18 heavy (non-hydrogen) atoms. The number of amides is 1. The van der Waals surface area contributed by atoms with Crippen LogP contribution in [0.1, 0.15) is 12.8 Å². The molecular formula is C12H16N2O4. The number of carbonyl (C=O) groups excluding carboxylic acids is 1. The Balaban J connectivity index is 1.99. The lowest BCUT2D eigenvalue weighted by atomic mass is 10.2. The summed E-state index contributed by atoms with van der Waals surface area (Å²) in [6, 6.07) is 3.32. The molecule has 3 N–H and O–H groups in total. The van der Waals surface area contributed by atoms with Crippen LogP contribution >= 0.6 is 0 Å². The zero-order chi connectivity index (χ0) is 13.0. The van der Waals surface area contributed by atoms with E-state index in [-0.39, 0.29) is 12.7 Å². The summed E-state index contributed by atoms with van der Waals surface area (Å²) in [5, 5.41) is 2.74. The lowest BCUT2D eigenvalue weighted by Crippen LogP contribution is -2.13. The van der Waals surface area contributed by atoms with Crippen LogP contribution in [-0.4, -0.2) is 26.4 Å². The Morgan fingerprint density at radius 2 is 2.17 bits per heavy atom. The third-order valence-electron chi connectivity index (χ3n) is 2.57. The zero-order valence-electron chi connectivity index (χ0n) is 10.2. The fourth-order valence-corrected chi connectivity index (χ4v) is 1.66. The van der Waals surface area contributed by atoms with Crippen LogP contribution in [0.2, 0.25) is 0 Å². The predicted molar refractivity (Wildman–Crippen MR) is 66.7 cm³/mol. The standard InChI is InChI=1S/C12H16N2O4/c1-16-4-2-3-12(15)14-9-6-11-10(5-8(9)13)17-7-18-11/h5-6H,2-4,7,13H2,1H3,(H,14,15). The first-order chi connectivity index (χ1) is 8.70. The summed E-state index contributed by atoms with van der Waals surface area (Å²) in [6.45, 7) is 0.740. The number of hydrogen-bond donors (Lipinski definition) is 2. The molecule has 6 heteroatoms. The SMILES string of the molecule is COCCCC(=O)Nc1cc2c(cc1N)OCO2. The van der Waals surface area contributed by atoms with Crippen molar-refractivity contribution in [2.75, 3.05) is 31.6 Å². The third kappa shape index (κ3) is 2.84. The van der Waals surface area contributed by atoms with Crippen LogP contribution in [0.3, 0.4) is 0 Å². The van der Waals surface area contributed by atoms with E-state index in [1.165, 1.54) is 0 Å². The molecule has 1 aliphatic rings. The maximum absolute atomic E-state index is 11.6. The molecule has 0 aliphatic carbocycles. The minimum absolute atomic E-state index is 0.0994. The molecule has 0 saturated carbocycles. The average molecular weight is 252 g/mol. The lowest BCUT2D eigenvalue weighted by Gasteiger charge is -2.09. The third-order valence-corrected chi connectivity index (χ3v) is 2.57. The molecule has 0 atom stereocenters. The Labute approximate surface area is 105 Å². The van der Waals surface area contributed by atoms with E-state index in [4.69, 9.17) is 19.9 Å². The number of methoxy groups -OCH3 is 1. The van der Waals surface area contributed by atoms with E-state index in [9.17, 15) is 4.79 Å². The fraction of sp³-hybridized carbons (Fsp3) is 0.417. The Bertz CT molecular complexity index is 448. The molecule has 1 aromatic rings. The van der Waals surface area contributed by atoms with Crippen molar-refractivity contribution in [3.63, 3.8) is 0 Å². The molecular weight excluding hydrogens is 236 g/mol. The first kappa shape index (κ1) is 12.5. The first-order valence-corrected chi connectivity index (χ1v) is 5.68. The molecule has 1 heterocycles. The maximum atomic E-state index is 11.6.